The van der Waals surface area contributed by atoms with Gasteiger partial charge >= 0.3 is 0 Å². The molecule has 0 unspecified atom stereocenters. The predicted molar refractivity (Wildman–Crippen MR) is 62.7 cm³/mol. The number of hydrogen-bond acceptors (Lipinski definition) is 0. The van der Waals surface area contributed by atoms with Crippen LogP contribution in [0.25, 0.3) is 0 Å². The minimum atomic E-state index is 0.468. The van der Waals surface area contributed by atoms with E-state index >= 15 is 0 Å². The molecule has 0 aliphatic heterocycles. The maximum atomic E-state index is 6.14. The van der Waals surface area contributed by atoms with E-state index in [4.69, 9.17) is 11.6 Å². The summed E-state index contributed by atoms with van der Waals surface area (Å²) in [6.45, 7) is 6.31. The van der Waals surface area contributed by atoms with Crippen LogP contribution in [0.5, 0.6) is 0 Å². The minimum Gasteiger partial charge on any atom is -0.0982 e. The molecular formula is C13H15Cl. The van der Waals surface area contributed by atoms with Gasteiger partial charge in [0.2, 0.25) is 0 Å². The first-order valence-electron chi connectivity index (χ1n) is 4.93. The molecule has 1 aromatic rings. The van der Waals surface area contributed by atoms with Gasteiger partial charge < -0.3 is 0 Å². The summed E-state index contributed by atoms with van der Waals surface area (Å²) >= 11 is 6.14. The van der Waals surface area contributed by atoms with E-state index in [0.29, 0.717) is 5.92 Å². The second-order valence-corrected chi connectivity index (χ2v) is 3.95. The topological polar surface area (TPSA) is 0 Å². The molecule has 0 saturated carbocycles. The van der Waals surface area contributed by atoms with Gasteiger partial charge in [-0.2, -0.15) is 0 Å². The Bertz CT molecular complexity index is 367. The van der Waals surface area contributed by atoms with Gasteiger partial charge in [-0.15, -0.1) is 0 Å². The van der Waals surface area contributed by atoms with Gasteiger partial charge in [-0.25, -0.2) is 0 Å². The average molecular weight is 207 g/mol. The quantitative estimate of drug-likeness (QED) is 0.604. The molecule has 0 radical (unpaired) electrons. The molecule has 0 amide bonds. The molecule has 0 aliphatic carbocycles. The van der Waals surface area contributed by atoms with Gasteiger partial charge in [-0.05, 0) is 23.6 Å². The Morgan fingerprint density at radius 3 is 2.57 bits per heavy atom. The summed E-state index contributed by atoms with van der Waals surface area (Å²) in [4.78, 5) is 0. The molecule has 0 fully saturated rings. The predicted octanol–water partition coefficient (Wildman–Crippen LogP) is 4.22. The first kappa shape index (κ1) is 11.1. The molecule has 14 heavy (non-hydrogen) atoms. The molecule has 0 aliphatic rings. The molecule has 1 aromatic carbocycles. The van der Waals surface area contributed by atoms with E-state index in [1.807, 2.05) is 19.1 Å². The normalized spacial score (nSPS) is 9.79. The van der Waals surface area contributed by atoms with Gasteiger partial charge in [0.15, 0.2) is 0 Å². The Labute approximate surface area is 91.3 Å². The smallest absolute Gasteiger partial charge is 0.0453 e. The second-order valence-electron chi connectivity index (χ2n) is 3.55. The van der Waals surface area contributed by atoms with Crippen LogP contribution in [0.4, 0.5) is 0 Å². The Kier molecular flexibility index (Phi) is 4.04. The average Bonchev–Trinajstić information content (AvgIpc) is 2.14. The lowest BCUT2D eigenvalue weighted by Gasteiger charge is -2.07. The van der Waals surface area contributed by atoms with Gasteiger partial charge in [0.1, 0.15) is 0 Å². The standard InChI is InChI=1S/C13H15Cl/c1-4-5-6-11-7-8-12(10(2)3)13(14)9-11/h7-10H,4H2,1-3H3. The minimum absolute atomic E-state index is 0.468. The molecule has 0 atom stereocenters. The zero-order valence-corrected chi connectivity index (χ0v) is 9.65. The number of hydrogen-bond donors (Lipinski definition) is 0. The van der Waals surface area contributed by atoms with Crippen LogP contribution in [0.2, 0.25) is 5.02 Å². The first-order chi connectivity index (χ1) is 6.65. The molecule has 1 rings (SSSR count). The lowest BCUT2D eigenvalue weighted by Crippen LogP contribution is -1.89. The van der Waals surface area contributed by atoms with E-state index < -0.39 is 0 Å². The molecule has 1 heteroatoms. The maximum absolute atomic E-state index is 6.14. The molecule has 0 saturated heterocycles. The molecule has 0 bridgehead atoms. The van der Waals surface area contributed by atoms with E-state index in [-0.39, 0.29) is 0 Å². The number of halogens is 1. The summed E-state index contributed by atoms with van der Waals surface area (Å²) in [6, 6.07) is 6.04. The van der Waals surface area contributed by atoms with Gasteiger partial charge in [-0.1, -0.05) is 50.3 Å². The van der Waals surface area contributed by atoms with Crippen molar-refractivity contribution in [2.45, 2.75) is 33.1 Å². The highest BCUT2D eigenvalue weighted by atomic mass is 35.5. The van der Waals surface area contributed by atoms with E-state index in [9.17, 15) is 0 Å². The van der Waals surface area contributed by atoms with E-state index in [0.717, 1.165) is 17.0 Å². The third kappa shape index (κ3) is 2.79. The Hall–Kier alpha value is -0.930. The zero-order valence-electron chi connectivity index (χ0n) is 8.89. The lowest BCUT2D eigenvalue weighted by molar-refractivity contribution is 0.867. The highest BCUT2D eigenvalue weighted by Gasteiger charge is 2.04. The monoisotopic (exact) mass is 206 g/mol. The molecule has 0 heterocycles. The van der Waals surface area contributed by atoms with Crippen LogP contribution in [0.3, 0.4) is 0 Å². The largest absolute Gasteiger partial charge is 0.0982 e. The fourth-order valence-electron chi connectivity index (χ4n) is 1.26. The van der Waals surface area contributed by atoms with E-state index in [1.54, 1.807) is 0 Å². The maximum Gasteiger partial charge on any atom is 0.0453 e. The van der Waals surface area contributed by atoms with Gasteiger partial charge in [0, 0.05) is 17.0 Å². The van der Waals surface area contributed by atoms with Crippen LogP contribution in [0.1, 0.15) is 44.2 Å². The third-order valence-electron chi connectivity index (χ3n) is 2.03. The summed E-state index contributed by atoms with van der Waals surface area (Å²) in [5.74, 6) is 6.57. The van der Waals surface area contributed by atoms with Gasteiger partial charge in [-0.3, -0.25) is 0 Å². The Morgan fingerprint density at radius 2 is 2.07 bits per heavy atom. The van der Waals surface area contributed by atoms with Crippen LogP contribution >= 0.6 is 11.6 Å². The summed E-state index contributed by atoms with van der Waals surface area (Å²) in [5, 5.41) is 0.822. The highest BCUT2D eigenvalue weighted by Crippen LogP contribution is 2.24. The van der Waals surface area contributed by atoms with E-state index in [2.05, 4.69) is 31.8 Å². The van der Waals surface area contributed by atoms with Crippen LogP contribution in [0.15, 0.2) is 18.2 Å². The molecule has 0 spiro atoms. The molecule has 0 aromatic heterocycles. The molecule has 0 nitrogen and oxygen atoms in total. The fraction of sp³-hybridized carbons (Fsp3) is 0.385. The summed E-state index contributed by atoms with van der Waals surface area (Å²) in [6.07, 6.45) is 0.879. The lowest BCUT2D eigenvalue weighted by atomic mass is 10.0. The van der Waals surface area contributed by atoms with Crippen molar-refractivity contribution in [2.24, 2.45) is 0 Å². The first-order valence-corrected chi connectivity index (χ1v) is 5.31. The second kappa shape index (κ2) is 5.08. The van der Waals surface area contributed by atoms with Crippen molar-refractivity contribution >= 4 is 11.6 Å². The van der Waals surface area contributed by atoms with Crippen molar-refractivity contribution in [1.82, 2.24) is 0 Å². The summed E-state index contributed by atoms with van der Waals surface area (Å²) in [5.41, 5.74) is 2.19. The van der Waals surface area contributed by atoms with Crippen molar-refractivity contribution in [3.63, 3.8) is 0 Å². The van der Waals surface area contributed by atoms with Crippen molar-refractivity contribution in [3.8, 4) is 11.8 Å². The molecule has 0 N–H and O–H groups in total. The van der Waals surface area contributed by atoms with Crippen LogP contribution in [-0.4, -0.2) is 0 Å². The van der Waals surface area contributed by atoms with Crippen molar-refractivity contribution in [2.75, 3.05) is 0 Å². The summed E-state index contributed by atoms with van der Waals surface area (Å²) < 4.78 is 0. The van der Waals surface area contributed by atoms with Gasteiger partial charge in [0.05, 0.1) is 0 Å². The van der Waals surface area contributed by atoms with Crippen molar-refractivity contribution < 1.29 is 0 Å². The molecule has 74 valence electrons. The van der Waals surface area contributed by atoms with Crippen molar-refractivity contribution in [1.29, 1.82) is 0 Å². The highest BCUT2D eigenvalue weighted by molar-refractivity contribution is 6.31. The van der Waals surface area contributed by atoms with Crippen LogP contribution in [-0.2, 0) is 0 Å². The summed E-state index contributed by atoms with van der Waals surface area (Å²) in [7, 11) is 0. The fourth-order valence-corrected chi connectivity index (χ4v) is 1.66. The zero-order chi connectivity index (χ0) is 10.6. The van der Waals surface area contributed by atoms with Gasteiger partial charge in [0.25, 0.3) is 0 Å². The van der Waals surface area contributed by atoms with Crippen LogP contribution in [0, 0.1) is 11.8 Å². The third-order valence-corrected chi connectivity index (χ3v) is 2.36. The molecular weight excluding hydrogens is 192 g/mol. The number of benzene rings is 1. The Morgan fingerprint density at radius 1 is 1.36 bits per heavy atom. The van der Waals surface area contributed by atoms with Crippen LogP contribution < -0.4 is 0 Å². The van der Waals surface area contributed by atoms with E-state index in [1.165, 1.54) is 5.56 Å². The SMILES string of the molecule is CCC#Cc1ccc(C(C)C)c(Cl)c1. The van der Waals surface area contributed by atoms with Crippen molar-refractivity contribution in [3.05, 3.63) is 34.3 Å². The Balaban J connectivity index is 3.00. The number of rotatable bonds is 1.